The summed E-state index contributed by atoms with van der Waals surface area (Å²) in [7, 11) is 1.89. The van der Waals surface area contributed by atoms with Crippen LogP contribution in [0, 0.1) is 13.8 Å². The van der Waals surface area contributed by atoms with Crippen LogP contribution in [-0.2, 0) is 13.0 Å². The summed E-state index contributed by atoms with van der Waals surface area (Å²) < 4.78 is 10.8. The minimum Gasteiger partial charge on any atom is -0.484 e. The number of halogens is 1. The molecule has 0 atom stereocenters. The molecule has 0 aliphatic heterocycles. The zero-order chi connectivity index (χ0) is 13.7. The molecule has 1 heterocycles. The number of likely N-dealkylation sites (N-methyl/N-ethyl adjacent to an activating group) is 1. The van der Waals surface area contributed by atoms with Gasteiger partial charge >= 0.3 is 0 Å². The fourth-order valence-corrected chi connectivity index (χ4v) is 1.64. The molecule has 0 amide bonds. The zero-order valence-corrected chi connectivity index (χ0v) is 12.8. The quantitative estimate of drug-likeness (QED) is 0.887. The molecular weight excluding hydrogens is 278 g/mol. The smallest absolute Gasteiger partial charge is 0.264 e. The van der Waals surface area contributed by atoms with E-state index in [0.717, 1.165) is 18.7 Å². The maximum Gasteiger partial charge on any atom is 0.264 e. The lowest BCUT2D eigenvalue weighted by Gasteiger charge is -2.05. The third-order valence-corrected chi connectivity index (χ3v) is 2.95. The first-order chi connectivity index (χ1) is 9.19. The molecule has 20 heavy (non-hydrogen) atoms. The largest absolute Gasteiger partial charge is 0.484 e. The summed E-state index contributed by atoms with van der Waals surface area (Å²) in [6, 6.07) is 5.99. The lowest BCUT2D eigenvalue weighted by atomic mass is 10.1. The molecule has 0 radical (unpaired) electrons. The van der Waals surface area contributed by atoms with Gasteiger partial charge in [0, 0.05) is 13.0 Å². The first-order valence-corrected chi connectivity index (χ1v) is 6.35. The fourth-order valence-electron chi connectivity index (χ4n) is 1.64. The van der Waals surface area contributed by atoms with Gasteiger partial charge in [-0.2, -0.15) is 4.98 Å². The Morgan fingerprint density at radius 3 is 2.75 bits per heavy atom. The number of aryl methyl sites for hydroxylation is 2. The number of ether oxygens (including phenoxy) is 1. The van der Waals surface area contributed by atoms with E-state index in [9.17, 15) is 0 Å². The highest BCUT2D eigenvalue weighted by Gasteiger charge is 2.06. The third-order valence-electron chi connectivity index (χ3n) is 2.95. The van der Waals surface area contributed by atoms with Gasteiger partial charge in [-0.1, -0.05) is 11.2 Å². The Hall–Kier alpha value is -1.59. The minimum atomic E-state index is 0. The predicted octanol–water partition coefficient (Wildman–Crippen LogP) is 2.45. The summed E-state index contributed by atoms with van der Waals surface area (Å²) in [4.78, 5) is 4.26. The highest BCUT2D eigenvalue weighted by Crippen LogP contribution is 2.17. The molecule has 0 saturated heterocycles. The van der Waals surface area contributed by atoms with E-state index in [1.54, 1.807) is 0 Å². The first-order valence-electron chi connectivity index (χ1n) is 6.35. The molecule has 0 bridgehead atoms. The molecule has 5 nitrogen and oxygen atoms in total. The van der Waals surface area contributed by atoms with Crippen molar-refractivity contribution in [3.8, 4) is 5.75 Å². The highest BCUT2D eigenvalue weighted by molar-refractivity contribution is 5.85. The Kier molecular flexibility index (Phi) is 6.48. The predicted molar refractivity (Wildman–Crippen MR) is 79.4 cm³/mol. The summed E-state index contributed by atoms with van der Waals surface area (Å²) in [5.41, 5.74) is 2.46. The lowest BCUT2D eigenvalue weighted by molar-refractivity contribution is 0.242. The number of hydrogen-bond acceptors (Lipinski definition) is 5. The van der Waals surface area contributed by atoms with Crippen LogP contribution in [0.25, 0.3) is 0 Å². The average molecular weight is 298 g/mol. The van der Waals surface area contributed by atoms with Crippen LogP contribution in [0.5, 0.6) is 5.75 Å². The van der Waals surface area contributed by atoms with Gasteiger partial charge in [-0.15, -0.1) is 12.4 Å². The summed E-state index contributed by atoms with van der Waals surface area (Å²) in [5.74, 6) is 2.02. The number of aromatic nitrogens is 2. The fraction of sp³-hybridized carbons (Fsp3) is 0.429. The second-order valence-corrected chi connectivity index (χ2v) is 4.49. The molecule has 2 rings (SSSR count). The van der Waals surface area contributed by atoms with Gasteiger partial charge in [-0.25, -0.2) is 0 Å². The van der Waals surface area contributed by atoms with E-state index in [2.05, 4.69) is 29.3 Å². The van der Waals surface area contributed by atoms with E-state index >= 15 is 0 Å². The number of hydrogen-bond donors (Lipinski definition) is 1. The molecule has 6 heteroatoms. The second kappa shape index (κ2) is 7.87. The number of benzene rings is 1. The van der Waals surface area contributed by atoms with Gasteiger partial charge in [-0.05, 0) is 44.2 Å². The van der Waals surface area contributed by atoms with Crippen LogP contribution in [0.3, 0.4) is 0 Å². The van der Waals surface area contributed by atoms with Crippen molar-refractivity contribution in [2.75, 3.05) is 13.6 Å². The highest BCUT2D eigenvalue weighted by atomic mass is 35.5. The monoisotopic (exact) mass is 297 g/mol. The van der Waals surface area contributed by atoms with Crippen molar-refractivity contribution in [2.24, 2.45) is 0 Å². The van der Waals surface area contributed by atoms with Crippen LogP contribution in [0.4, 0.5) is 0 Å². The molecule has 2 aromatic rings. The van der Waals surface area contributed by atoms with Crippen molar-refractivity contribution in [2.45, 2.75) is 26.9 Å². The standard InChI is InChI=1S/C14H19N3O2.ClH/c1-10-4-5-12(8-11(10)2)18-9-14-16-13(17-19-14)6-7-15-3;/h4-5,8,15H,6-7,9H2,1-3H3;1H. The van der Waals surface area contributed by atoms with E-state index in [4.69, 9.17) is 9.26 Å². The van der Waals surface area contributed by atoms with Crippen molar-refractivity contribution in [3.05, 3.63) is 41.0 Å². The molecule has 1 N–H and O–H groups in total. The van der Waals surface area contributed by atoms with Crippen molar-refractivity contribution < 1.29 is 9.26 Å². The molecule has 110 valence electrons. The molecule has 1 aromatic heterocycles. The Bertz CT molecular complexity index is 543. The van der Waals surface area contributed by atoms with Crippen LogP contribution in [0.1, 0.15) is 22.8 Å². The number of nitrogens with one attached hydrogen (secondary N) is 1. The molecule has 0 fully saturated rings. The van der Waals surface area contributed by atoms with Gasteiger partial charge in [-0.3, -0.25) is 0 Å². The summed E-state index contributed by atoms with van der Waals surface area (Å²) in [6.45, 7) is 5.27. The van der Waals surface area contributed by atoms with Crippen molar-refractivity contribution in [3.63, 3.8) is 0 Å². The molecule has 0 aliphatic carbocycles. The van der Waals surface area contributed by atoms with Gasteiger partial charge < -0.3 is 14.6 Å². The van der Waals surface area contributed by atoms with Crippen molar-refractivity contribution >= 4 is 12.4 Å². The molecule has 0 aliphatic rings. The van der Waals surface area contributed by atoms with Crippen LogP contribution < -0.4 is 10.1 Å². The third kappa shape index (κ3) is 4.51. The maximum absolute atomic E-state index is 5.63. The van der Waals surface area contributed by atoms with Crippen molar-refractivity contribution in [1.82, 2.24) is 15.5 Å². The van der Waals surface area contributed by atoms with Crippen LogP contribution in [0.2, 0.25) is 0 Å². The number of rotatable bonds is 6. The average Bonchev–Trinajstić information content (AvgIpc) is 2.86. The second-order valence-electron chi connectivity index (χ2n) is 4.49. The minimum absolute atomic E-state index is 0. The molecular formula is C14H20ClN3O2. The normalized spacial score (nSPS) is 10.2. The van der Waals surface area contributed by atoms with Crippen molar-refractivity contribution in [1.29, 1.82) is 0 Å². The van der Waals surface area contributed by atoms with Crippen LogP contribution >= 0.6 is 12.4 Å². The van der Waals surface area contributed by atoms with E-state index in [-0.39, 0.29) is 12.4 Å². The molecule has 0 unspecified atom stereocenters. The Balaban J connectivity index is 0.00000200. The van der Waals surface area contributed by atoms with Gasteiger partial charge in [0.05, 0.1) is 0 Å². The van der Waals surface area contributed by atoms with Crippen LogP contribution in [-0.4, -0.2) is 23.7 Å². The maximum atomic E-state index is 5.63. The summed E-state index contributed by atoms with van der Waals surface area (Å²) in [5, 5.41) is 6.93. The van der Waals surface area contributed by atoms with Gasteiger partial charge in [0.25, 0.3) is 5.89 Å². The van der Waals surface area contributed by atoms with Gasteiger partial charge in [0.15, 0.2) is 12.4 Å². The van der Waals surface area contributed by atoms with Gasteiger partial charge in [0.2, 0.25) is 0 Å². The number of nitrogens with zero attached hydrogens (tertiary/aromatic N) is 2. The van der Waals surface area contributed by atoms with E-state index in [0.29, 0.717) is 18.3 Å². The van der Waals surface area contributed by atoms with E-state index in [1.165, 1.54) is 11.1 Å². The zero-order valence-electron chi connectivity index (χ0n) is 12.0. The summed E-state index contributed by atoms with van der Waals surface area (Å²) >= 11 is 0. The molecule has 1 aromatic carbocycles. The summed E-state index contributed by atoms with van der Waals surface area (Å²) in [6.07, 6.45) is 0.754. The van der Waals surface area contributed by atoms with E-state index < -0.39 is 0 Å². The molecule has 0 spiro atoms. The Morgan fingerprint density at radius 1 is 1.25 bits per heavy atom. The topological polar surface area (TPSA) is 60.2 Å². The SMILES string of the molecule is CNCCc1noc(COc2ccc(C)c(C)c2)n1.Cl. The Morgan fingerprint density at radius 2 is 2.05 bits per heavy atom. The van der Waals surface area contributed by atoms with Gasteiger partial charge in [0.1, 0.15) is 5.75 Å². The van der Waals surface area contributed by atoms with Crippen LogP contribution in [0.15, 0.2) is 22.7 Å². The molecule has 0 saturated carbocycles. The first kappa shape index (κ1) is 16.5. The lowest BCUT2D eigenvalue weighted by Crippen LogP contribution is -2.11. The van der Waals surface area contributed by atoms with E-state index in [1.807, 2.05) is 25.2 Å². The Labute approximate surface area is 125 Å².